The third kappa shape index (κ3) is 4.32. The maximum absolute atomic E-state index is 6.82. The number of fused-ring (bicyclic) bond motifs is 17. The molecule has 3 aliphatic carbocycles. The van der Waals surface area contributed by atoms with Gasteiger partial charge in [-0.25, -0.2) is 0 Å². The van der Waals surface area contributed by atoms with Crippen molar-refractivity contribution in [3.05, 3.63) is 234 Å². The number of hydrogen-bond donors (Lipinski definition) is 0. The summed E-state index contributed by atoms with van der Waals surface area (Å²) in [4.78, 5) is 2.47. The van der Waals surface area contributed by atoms with Crippen LogP contribution in [0.4, 0.5) is 17.1 Å². The van der Waals surface area contributed by atoms with Crippen LogP contribution in [0, 0.1) is 0 Å². The predicted octanol–water partition coefficient (Wildman–Crippen LogP) is 15.4. The van der Waals surface area contributed by atoms with E-state index in [-0.39, 0.29) is 5.41 Å². The highest BCUT2D eigenvalue weighted by Crippen LogP contribution is 2.65. The summed E-state index contributed by atoms with van der Waals surface area (Å²) in [6, 6.07) is 74.1. The molecule has 1 unspecified atom stereocenters. The van der Waals surface area contributed by atoms with Crippen molar-refractivity contribution < 1.29 is 4.42 Å². The molecule has 60 heavy (non-hydrogen) atoms. The van der Waals surface area contributed by atoms with Crippen LogP contribution in [0.25, 0.3) is 66.4 Å². The minimum atomic E-state index is -0.536. The number of para-hydroxylation sites is 1. The molecule has 1 atom stereocenters. The van der Waals surface area contributed by atoms with E-state index in [1.807, 2.05) is 0 Å². The minimum Gasteiger partial charge on any atom is -0.455 e. The van der Waals surface area contributed by atoms with Crippen LogP contribution in [0.2, 0.25) is 0 Å². The van der Waals surface area contributed by atoms with E-state index in [9.17, 15) is 0 Å². The molecule has 13 rings (SSSR count). The van der Waals surface area contributed by atoms with Gasteiger partial charge in [0.25, 0.3) is 0 Å². The lowest BCUT2D eigenvalue weighted by atomic mass is 9.70. The molecule has 0 N–H and O–H groups in total. The van der Waals surface area contributed by atoms with Crippen molar-refractivity contribution in [2.24, 2.45) is 0 Å². The van der Waals surface area contributed by atoms with Crippen molar-refractivity contribution in [3.8, 4) is 44.5 Å². The summed E-state index contributed by atoms with van der Waals surface area (Å²) in [5.74, 6) is 0. The highest BCUT2D eigenvalue weighted by atomic mass is 16.3. The lowest BCUT2D eigenvalue weighted by Crippen LogP contribution is -2.26. The molecule has 9 aromatic carbocycles. The summed E-state index contributed by atoms with van der Waals surface area (Å²) in [5, 5.41) is 2.31. The van der Waals surface area contributed by atoms with E-state index < -0.39 is 5.41 Å². The first-order chi connectivity index (χ1) is 29.5. The number of hydrogen-bond acceptors (Lipinski definition) is 2. The molecule has 1 aromatic heterocycles. The zero-order valence-electron chi connectivity index (χ0n) is 33.4. The molecule has 0 saturated heterocycles. The molecule has 0 saturated carbocycles. The molecule has 1 spiro atoms. The molecule has 3 aliphatic rings. The van der Waals surface area contributed by atoms with Gasteiger partial charge in [0, 0.05) is 38.8 Å². The Balaban J connectivity index is 1.06. The normalized spacial score (nSPS) is 16.0. The van der Waals surface area contributed by atoms with Crippen molar-refractivity contribution >= 4 is 39.0 Å². The van der Waals surface area contributed by atoms with Gasteiger partial charge in [0.05, 0.1) is 5.41 Å². The Bertz CT molecular complexity index is 3410. The molecule has 282 valence electrons. The standard InChI is InChI=1S/C58H39NO/c1-57(2)48-20-10-6-16-41(48)43-30-28-39(34-52(43)57)59(38-26-24-37(25-27-38)36-14-4-3-5-15-36)40-29-31-44-42-17-7-11-21-49(42)58(53(44)35-40)50-22-12-8-19-47(50)55-51(58)33-32-46-45-18-9-13-23-54(45)60-56(46)55/h3-35H,1-2H3. The van der Waals surface area contributed by atoms with Crippen LogP contribution < -0.4 is 4.90 Å². The molecular weight excluding hydrogens is 727 g/mol. The Kier molecular flexibility index (Phi) is 6.74. The Labute approximate surface area is 349 Å². The number of furan rings is 1. The smallest absolute Gasteiger partial charge is 0.143 e. The van der Waals surface area contributed by atoms with Crippen LogP contribution in [0.15, 0.2) is 205 Å². The highest BCUT2D eigenvalue weighted by Gasteiger charge is 2.52. The van der Waals surface area contributed by atoms with Crippen molar-refractivity contribution in [1.29, 1.82) is 0 Å². The van der Waals surface area contributed by atoms with Crippen LogP contribution in [-0.2, 0) is 10.8 Å². The molecule has 0 aliphatic heterocycles. The first-order valence-corrected chi connectivity index (χ1v) is 21.0. The van der Waals surface area contributed by atoms with Gasteiger partial charge in [0.2, 0.25) is 0 Å². The monoisotopic (exact) mass is 765 g/mol. The minimum absolute atomic E-state index is 0.131. The number of anilines is 3. The van der Waals surface area contributed by atoms with Gasteiger partial charge in [-0.15, -0.1) is 0 Å². The third-order valence-corrected chi connectivity index (χ3v) is 13.9. The van der Waals surface area contributed by atoms with Crippen molar-refractivity contribution in [3.63, 3.8) is 0 Å². The zero-order chi connectivity index (χ0) is 39.7. The topological polar surface area (TPSA) is 16.4 Å². The van der Waals surface area contributed by atoms with E-state index in [1.165, 1.54) is 77.9 Å². The largest absolute Gasteiger partial charge is 0.455 e. The van der Waals surface area contributed by atoms with Gasteiger partial charge >= 0.3 is 0 Å². The highest BCUT2D eigenvalue weighted by molar-refractivity contribution is 6.13. The fourth-order valence-corrected chi connectivity index (χ4v) is 11.2. The first-order valence-electron chi connectivity index (χ1n) is 21.0. The average molecular weight is 766 g/mol. The second-order valence-electron chi connectivity index (χ2n) is 17.2. The number of nitrogens with zero attached hydrogens (tertiary/aromatic N) is 1. The number of rotatable bonds is 4. The van der Waals surface area contributed by atoms with Crippen LogP contribution in [0.1, 0.15) is 47.2 Å². The Morgan fingerprint density at radius 3 is 1.65 bits per heavy atom. The fourth-order valence-electron chi connectivity index (χ4n) is 11.2. The van der Waals surface area contributed by atoms with Crippen LogP contribution >= 0.6 is 0 Å². The molecule has 0 bridgehead atoms. The second kappa shape index (κ2) is 12.1. The van der Waals surface area contributed by atoms with E-state index in [2.05, 4.69) is 219 Å². The van der Waals surface area contributed by atoms with Gasteiger partial charge in [0.1, 0.15) is 11.2 Å². The number of benzene rings is 9. The third-order valence-electron chi connectivity index (χ3n) is 13.9. The maximum atomic E-state index is 6.82. The summed E-state index contributed by atoms with van der Waals surface area (Å²) in [6.07, 6.45) is 0. The summed E-state index contributed by atoms with van der Waals surface area (Å²) in [5.41, 5.74) is 22.5. The molecule has 2 nitrogen and oxygen atoms in total. The van der Waals surface area contributed by atoms with Gasteiger partial charge in [-0.1, -0.05) is 172 Å². The lowest BCUT2D eigenvalue weighted by Gasteiger charge is -2.32. The molecule has 0 fully saturated rings. The summed E-state index contributed by atoms with van der Waals surface area (Å²) in [7, 11) is 0. The Hall–Kier alpha value is -7.42. The van der Waals surface area contributed by atoms with Crippen LogP contribution in [0.5, 0.6) is 0 Å². The fraction of sp³-hybridized carbons (Fsp3) is 0.0690. The molecular formula is C58H39NO. The predicted molar refractivity (Wildman–Crippen MR) is 248 cm³/mol. The van der Waals surface area contributed by atoms with E-state index >= 15 is 0 Å². The molecule has 0 amide bonds. The Morgan fingerprint density at radius 1 is 0.367 bits per heavy atom. The quantitative estimate of drug-likeness (QED) is 0.177. The maximum Gasteiger partial charge on any atom is 0.143 e. The summed E-state index contributed by atoms with van der Waals surface area (Å²) >= 11 is 0. The summed E-state index contributed by atoms with van der Waals surface area (Å²) in [6.45, 7) is 4.73. The molecule has 0 radical (unpaired) electrons. The Morgan fingerprint density at radius 2 is 0.900 bits per heavy atom. The van der Waals surface area contributed by atoms with E-state index in [0.29, 0.717) is 0 Å². The summed E-state index contributed by atoms with van der Waals surface area (Å²) < 4.78 is 6.82. The zero-order valence-corrected chi connectivity index (χ0v) is 33.4. The molecule has 2 heteroatoms. The van der Waals surface area contributed by atoms with Crippen molar-refractivity contribution in [1.82, 2.24) is 0 Å². The SMILES string of the molecule is CC1(C)c2ccccc2-c2ccc(N(c3ccc(-c4ccccc4)cc3)c3ccc4c(c3)C3(c5ccccc5-4)c4ccccc4-c4c3ccc3c4oc4ccccc43)cc21. The molecule has 10 aromatic rings. The van der Waals surface area contributed by atoms with Crippen LogP contribution in [0.3, 0.4) is 0 Å². The van der Waals surface area contributed by atoms with Crippen molar-refractivity contribution in [2.75, 3.05) is 4.90 Å². The van der Waals surface area contributed by atoms with Crippen molar-refractivity contribution in [2.45, 2.75) is 24.7 Å². The first kappa shape index (κ1) is 33.5. The molecule has 1 heterocycles. The van der Waals surface area contributed by atoms with E-state index in [1.54, 1.807) is 0 Å². The van der Waals surface area contributed by atoms with Gasteiger partial charge in [0.15, 0.2) is 0 Å². The second-order valence-corrected chi connectivity index (χ2v) is 17.2. The van der Waals surface area contributed by atoms with Gasteiger partial charge < -0.3 is 9.32 Å². The van der Waals surface area contributed by atoms with Gasteiger partial charge in [-0.05, 0) is 115 Å². The van der Waals surface area contributed by atoms with E-state index in [0.717, 1.165) is 39.0 Å². The van der Waals surface area contributed by atoms with Gasteiger partial charge in [-0.3, -0.25) is 0 Å². The lowest BCUT2D eigenvalue weighted by molar-refractivity contribution is 0.660. The van der Waals surface area contributed by atoms with Crippen LogP contribution in [-0.4, -0.2) is 0 Å². The van der Waals surface area contributed by atoms with Gasteiger partial charge in [-0.2, -0.15) is 0 Å². The average Bonchev–Trinajstić information content (AvgIpc) is 3.99. The van der Waals surface area contributed by atoms with E-state index in [4.69, 9.17) is 4.42 Å².